The van der Waals surface area contributed by atoms with Gasteiger partial charge in [-0.2, -0.15) is 0 Å². The van der Waals surface area contributed by atoms with Crippen LogP contribution in [0.4, 0.5) is 8.78 Å². The first-order valence-electron chi connectivity index (χ1n) is 11.8. The van der Waals surface area contributed by atoms with Gasteiger partial charge in [-0.25, -0.2) is 27.2 Å². The molecule has 1 aliphatic carbocycles. The van der Waals surface area contributed by atoms with E-state index in [-0.39, 0.29) is 28.1 Å². The summed E-state index contributed by atoms with van der Waals surface area (Å²) in [6, 6.07) is 7.20. The predicted octanol–water partition coefficient (Wildman–Crippen LogP) is 5.22. The molecule has 0 bridgehead atoms. The monoisotopic (exact) mass is 556 g/mol. The zero-order valence-electron chi connectivity index (χ0n) is 21.0. The summed E-state index contributed by atoms with van der Waals surface area (Å²) in [7, 11) is -3.91. The average molecular weight is 557 g/mol. The summed E-state index contributed by atoms with van der Waals surface area (Å²) in [5, 5.41) is -0.0434. The summed E-state index contributed by atoms with van der Waals surface area (Å²) < 4.78 is 56.3. The van der Waals surface area contributed by atoms with Gasteiger partial charge in [0.2, 0.25) is 0 Å². The van der Waals surface area contributed by atoms with E-state index in [0.29, 0.717) is 22.6 Å². The Morgan fingerprint density at radius 2 is 1.79 bits per heavy atom. The highest BCUT2D eigenvalue weighted by Gasteiger charge is 2.43. The Hall–Kier alpha value is -3.50. The van der Waals surface area contributed by atoms with Crippen LogP contribution in [0.25, 0.3) is 16.9 Å². The molecule has 0 radical (unpaired) electrons. The van der Waals surface area contributed by atoms with Gasteiger partial charge in [0.25, 0.3) is 5.56 Å². The number of aryl methyl sites for hydroxylation is 3. The number of halogens is 3. The number of aromatic nitrogens is 4. The second-order valence-electron chi connectivity index (χ2n) is 9.54. The normalized spacial score (nSPS) is 17.0. The van der Waals surface area contributed by atoms with Gasteiger partial charge in [0.05, 0.1) is 5.69 Å². The summed E-state index contributed by atoms with van der Waals surface area (Å²) in [6.45, 7) is 5.10. The van der Waals surface area contributed by atoms with Crippen LogP contribution in [0.1, 0.15) is 46.6 Å². The first-order chi connectivity index (χ1) is 17.9. The van der Waals surface area contributed by atoms with Gasteiger partial charge < -0.3 is 0 Å². The van der Waals surface area contributed by atoms with Crippen LogP contribution >= 0.6 is 11.6 Å². The van der Waals surface area contributed by atoms with Gasteiger partial charge in [0, 0.05) is 41.5 Å². The number of hydrogen-bond acceptors (Lipinski definition) is 6. The standard InChI is InChI=1S/C27H23ClF2N4O3S/c1-13-12-32-24(16-6-5-7-20(22(16)29)38(4,36)37)23(30)25(13)34-15(3)10-18(21(28)27(34)35)17-11-19(17)26-31-9-8-14(2)33-26/h5-10,12,17,19H,11H2,1-4H3/t17-,19+/m1/s1. The Morgan fingerprint density at radius 1 is 1.05 bits per heavy atom. The van der Waals surface area contributed by atoms with E-state index in [9.17, 15) is 13.2 Å². The smallest absolute Gasteiger partial charge is 0.274 e. The van der Waals surface area contributed by atoms with E-state index in [4.69, 9.17) is 11.6 Å². The highest BCUT2D eigenvalue weighted by molar-refractivity contribution is 7.90. The van der Waals surface area contributed by atoms with Gasteiger partial charge in [0.15, 0.2) is 21.5 Å². The Bertz CT molecular complexity index is 1790. The highest BCUT2D eigenvalue weighted by atomic mass is 35.5. The van der Waals surface area contributed by atoms with E-state index >= 15 is 8.78 Å². The fraction of sp³-hybridized carbons (Fsp3) is 0.259. The van der Waals surface area contributed by atoms with E-state index in [1.807, 2.05) is 13.0 Å². The number of pyridine rings is 2. The zero-order chi connectivity index (χ0) is 27.5. The third-order valence-corrected chi connectivity index (χ3v) is 8.21. The van der Waals surface area contributed by atoms with Crippen molar-refractivity contribution in [3.8, 4) is 16.9 Å². The molecule has 1 aromatic carbocycles. The molecule has 38 heavy (non-hydrogen) atoms. The minimum Gasteiger partial charge on any atom is -0.277 e. The van der Waals surface area contributed by atoms with Gasteiger partial charge in [-0.05, 0) is 68.5 Å². The number of rotatable bonds is 5. The molecule has 4 aromatic rings. The van der Waals surface area contributed by atoms with Gasteiger partial charge >= 0.3 is 0 Å². The second-order valence-corrected chi connectivity index (χ2v) is 11.9. The predicted molar refractivity (Wildman–Crippen MR) is 140 cm³/mol. The van der Waals surface area contributed by atoms with Crippen molar-refractivity contribution in [2.75, 3.05) is 6.26 Å². The molecule has 1 aliphatic rings. The molecule has 196 valence electrons. The van der Waals surface area contributed by atoms with Gasteiger partial charge in [-0.1, -0.05) is 17.7 Å². The van der Waals surface area contributed by atoms with Crippen LogP contribution in [-0.2, 0) is 9.84 Å². The molecular weight excluding hydrogens is 534 g/mol. The molecule has 0 amide bonds. The van der Waals surface area contributed by atoms with Crippen molar-refractivity contribution in [2.24, 2.45) is 0 Å². The summed E-state index contributed by atoms with van der Waals surface area (Å²) in [6.07, 6.45) is 4.59. The van der Waals surface area contributed by atoms with Crippen molar-refractivity contribution < 1.29 is 17.2 Å². The SMILES string of the molecule is Cc1ccnc([C@H]2C[C@@H]2c2cc(C)n(-c3c(C)cnc(-c4cccc(S(C)(=O)=O)c4F)c3F)c(=O)c2Cl)n1. The second kappa shape index (κ2) is 9.36. The fourth-order valence-electron chi connectivity index (χ4n) is 4.76. The van der Waals surface area contributed by atoms with E-state index in [1.165, 1.54) is 18.3 Å². The molecule has 3 aromatic heterocycles. The Balaban J connectivity index is 1.62. The molecule has 1 fully saturated rings. The molecule has 0 N–H and O–H groups in total. The van der Waals surface area contributed by atoms with Crippen molar-refractivity contribution in [1.29, 1.82) is 0 Å². The van der Waals surface area contributed by atoms with Crippen LogP contribution in [0.2, 0.25) is 5.02 Å². The van der Waals surface area contributed by atoms with Gasteiger partial charge in [-0.3, -0.25) is 14.3 Å². The quantitative estimate of drug-likeness (QED) is 0.334. The van der Waals surface area contributed by atoms with E-state index in [2.05, 4.69) is 15.0 Å². The van der Waals surface area contributed by atoms with E-state index in [0.717, 1.165) is 29.0 Å². The van der Waals surface area contributed by atoms with Crippen LogP contribution in [0.15, 0.2) is 52.4 Å². The third-order valence-electron chi connectivity index (χ3n) is 6.71. The molecule has 2 atom stereocenters. The summed E-state index contributed by atoms with van der Waals surface area (Å²) >= 11 is 6.56. The molecule has 0 saturated heterocycles. The van der Waals surface area contributed by atoms with Crippen molar-refractivity contribution in [3.63, 3.8) is 0 Å². The van der Waals surface area contributed by atoms with Crippen molar-refractivity contribution >= 4 is 21.4 Å². The molecule has 1 saturated carbocycles. The molecule has 11 heteroatoms. The van der Waals surface area contributed by atoms with Crippen LogP contribution in [0, 0.1) is 32.4 Å². The number of nitrogens with zero attached hydrogens (tertiary/aromatic N) is 4. The number of sulfone groups is 1. The maximum absolute atomic E-state index is 16.0. The Kier molecular flexibility index (Phi) is 6.43. The maximum atomic E-state index is 16.0. The molecule has 5 rings (SSSR count). The Morgan fingerprint density at radius 3 is 2.47 bits per heavy atom. The minimum absolute atomic E-state index is 0.0261. The van der Waals surface area contributed by atoms with E-state index in [1.54, 1.807) is 26.1 Å². The molecular formula is C27H23ClF2N4O3S. The summed E-state index contributed by atoms with van der Waals surface area (Å²) in [4.78, 5) is 25.8. The van der Waals surface area contributed by atoms with Crippen LogP contribution < -0.4 is 5.56 Å². The zero-order valence-corrected chi connectivity index (χ0v) is 22.5. The lowest BCUT2D eigenvalue weighted by Crippen LogP contribution is -2.24. The number of benzene rings is 1. The highest BCUT2D eigenvalue weighted by Crippen LogP contribution is 2.54. The van der Waals surface area contributed by atoms with Gasteiger partial charge in [0.1, 0.15) is 21.4 Å². The lowest BCUT2D eigenvalue weighted by Gasteiger charge is -2.18. The van der Waals surface area contributed by atoms with Crippen molar-refractivity contribution in [2.45, 2.75) is 43.9 Å². The Labute approximate surface area is 223 Å². The number of hydrogen-bond donors (Lipinski definition) is 0. The largest absolute Gasteiger partial charge is 0.277 e. The van der Waals surface area contributed by atoms with Crippen molar-refractivity contribution in [1.82, 2.24) is 19.5 Å². The van der Waals surface area contributed by atoms with Crippen LogP contribution in [-0.4, -0.2) is 34.2 Å². The third kappa shape index (κ3) is 4.41. The molecule has 7 nitrogen and oxygen atoms in total. The molecule has 0 spiro atoms. The topological polar surface area (TPSA) is 94.8 Å². The van der Waals surface area contributed by atoms with Gasteiger partial charge in [-0.15, -0.1) is 0 Å². The first kappa shape index (κ1) is 26.1. The van der Waals surface area contributed by atoms with E-state index < -0.39 is 37.6 Å². The summed E-state index contributed by atoms with van der Waals surface area (Å²) in [5.41, 5.74) is 0.715. The first-order valence-corrected chi connectivity index (χ1v) is 14.0. The van der Waals surface area contributed by atoms with Crippen LogP contribution in [0.3, 0.4) is 0 Å². The lowest BCUT2D eigenvalue weighted by molar-refractivity contribution is 0.569. The minimum atomic E-state index is -3.91. The molecule has 0 aliphatic heterocycles. The fourth-order valence-corrected chi connectivity index (χ4v) is 5.80. The molecule has 3 heterocycles. The molecule has 0 unspecified atom stereocenters. The van der Waals surface area contributed by atoms with Crippen molar-refractivity contribution in [3.05, 3.63) is 98.1 Å². The lowest BCUT2D eigenvalue weighted by atomic mass is 10.1. The average Bonchev–Trinajstić information content (AvgIpc) is 3.64. The summed E-state index contributed by atoms with van der Waals surface area (Å²) in [5.74, 6) is -1.42. The van der Waals surface area contributed by atoms with Crippen LogP contribution in [0.5, 0.6) is 0 Å². The maximum Gasteiger partial charge on any atom is 0.274 e.